The lowest BCUT2D eigenvalue weighted by Gasteiger charge is -2.23. The Hall–Kier alpha value is -3.07. The highest BCUT2D eigenvalue weighted by Crippen LogP contribution is 2.21. The molecule has 1 saturated heterocycles. The van der Waals surface area contributed by atoms with Gasteiger partial charge < -0.3 is 15.2 Å². The molecule has 9 heteroatoms. The summed E-state index contributed by atoms with van der Waals surface area (Å²) in [7, 11) is 0. The molecule has 2 aromatic heterocycles. The third kappa shape index (κ3) is 3.65. The van der Waals surface area contributed by atoms with Gasteiger partial charge >= 0.3 is 0 Å². The van der Waals surface area contributed by atoms with E-state index >= 15 is 0 Å². The SMILES string of the molecule is Cc1c(C(=O)NC(C)c2noc(-c3ccccc3)n2)nnn1C1CCNCC1. The van der Waals surface area contributed by atoms with E-state index in [1.807, 2.05) is 48.9 Å². The van der Waals surface area contributed by atoms with Gasteiger partial charge in [-0.3, -0.25) is 4.79 Å². The highest BCUT2D eigenvalue weighted by Gasteiger charge is 2.25. The van der Waals surface area contributed by atoms with Crippen LogP contribution in [0.4, 0.5) is 0 Å². The molecule has 0 aliphatic carbocycles. The van der Waals surface area contributed by atoms with Crippen LogP contribution in [0.25, 0.3) is 11.5 Å². The molecule has 3 heterocycles. The lowest BCUT2D eigenvalue weighted by atomic mass is 10.1. The molecule has 3 aromatic rings. The Bertz CT molecular complexity index is 944. The summed E-state index contributed by atoms with van der Waals surface area (Å²) in [6.45, 7) is 5.59. The van der Waals surface area contributed by atoms with Crippen molar-refractivity contribution in [1.82, 2.24) is 35.8 Å². The molecule has 9 nitrogen and oxygen atoms in total. The van der Waals surface area contributed by atoms with Crippen molar-refractivity contribution in [3.8, 4) is 11.5 Å². The Labute approximate surface area is 162 Å². The molecule has 1 fully saturated rings. The Kier molecular flexibility index (Phi) is 5.16. The number of benzene rings is 1. The van der Waals surface area contributed by atoms with E-state index in [1.54, 1.807) is 0 Å². The van der Waals surface area contributed by atoms with Gasteiger partial charge in [0, 0.05) is 5.56 Å². The fourth-order valence-corrected chi connectivity index (χ4v) is 3.39. The first-order valence-corrected chi connectivity index (χ1v) is 9.46. The number of nitrogens with one attached hydrogen (secondary N) is 2. The van der Waals surface area contributed by atoms with E-state index in [4.69, 9.17) is 4.52 Å². The fourth-order valence-electron chi connectivity index (χ4n) is 3.39. The molecule has 4 rings (SSSR count). The lowest BCUT2D eigenvalue weighted by Crippen LogP contribution is -2.31. The predicted molar refractivity (Wildman–Crippen MR) is 102 cm³/mol. The smallest absolute Gasteiger partial charge is 0.274 e. The number of rotatable bonds is 5. The molecule has 146 valence electrons. The van der Waals surface area contributed by atoms with E-state index in [2.05, 4.69) is 31.1 Å². The standard InChI is InChI=1S/C19H23N7O2/c1-12(17-22-19(28-24-17)14-6-4-3-5-7-14)21-18(27)16-13(2)26(25-23-16)15-8-10-20-11-9-15/h3-7,12,15,20H,8-11H2,1-2H3,(H,21,27). The number of aromatic nitrogens is 5. The summed E-state index contributed by atoms with van der Waals surface area (Å²) in [4.78, 5) is 17.1. The van der Waals surface area contributed by atoms with Crippen molar-refractivity contribution in [1.29, 1.82) is 0 Å². The van der Waals surface area contributed by atoms with Crippen LogP contribution in [0, 0.1) is 6.92 Å². The summed E-state index contributed by atoms with van der Waals surface area (Å²) >= 11 is 0. The number of amides is 1. The second-order valence-corrected chi connectivity index (χ2v) is 6.97. The number of hydrogen-bond donors (Lipinski definition) is 2. The van der Waals surface area contributed by atoms with Gasteiger partial charge in [-0.2, -0.15) is 4.98 Å². The van der Waals surface area contributed by atoms with Crippen molar-refractivity contribution in [2.75, 3.05) is 13.1 Å². The number of nitrogens with zero attached hydrogens (tertiary/aromatic N) is 5. The third-order valence-corrected chi connectivity index (χ3v) is 4.99. The molecule has 0 saturated carbocycles. The second kappa shape index (κ2) is 7.89. The molecular formula is C19H23N7O2. The Balaban J connectivity index is 1.45. The second-order valence-electron chi connectivity index (χ2n) is 6.97. The fraction of sp³-hybridized carbons (Fsp3) is 0.421. The summed E-state index contributed by atoms with van der Waals surface area (Å²) in [5, 5.41) is 18.5. The van der Waals surface area contributed by atoms with Crippen molar-refractivity contribution >= 4 is 5.91 Å². The number of hydrogen-bond acceptors (Lipinski definition) is 7. The van der Waals surface area contributed by atoms with E-state index < -0.39 is 6.04 Å². The van der Waals surface area contributed by atoms with Crippen LogP contribution in [0.1, 0.15) is 53.9 Å². The van der Waals surface area contributed by atoms with Crippen molar-refractivity contribution < 1.29 is 9.32 Å². The zero-order valence-electron chi connectivity index (χ0n) is 15.9. The maximum absolute atomic E-state index is 12.7. The van der Waals surface area contributed by atoms with Gasteiger partial charge in [-0.1, -0.05) is 28.6 Å². The van der Waals surface area contributed by atoms with E-state index in [1.165, 1.54) is 0 Å². The monoisotopic (exact) mass is 381 g/mol. The molecule has 0 radical (unpaired) electrons. The van der Waals surface area contributed by atoms with Gasteiger partial charge in [-0.25, -0.2) is 4.68 Å². The van der Waals surface area contributed by atoms with Gasteiger partial charge in [0.2, 0.25) is 0 Å². The van der Waals surface area contributed by atoms with Gasteiger partial charge in [0.1, 0.15) is 0 Å². The van der Waals surface area contributed by atoms with Gasteiger partial charge in [0.05, 0.1) is 17.8 Å². The first kappa shape index (κ1) is 18.3. The molecule has 1 unspecified atom stereocenters. The zero-order valence-corrected chi connectivity index (χ0v) is 15.9. The largest absolute Gasteiger partial charge is 0.341 e. The Morgan fingerprint density at radius 3 is 2.79 bits per heavy atom. The molecule has 1 aromatic carbocycles. The number of carbonyl (C=O) groups is 1. The minimum Gasteiger partial charge on any atom is -0.341 e. The summed E-state index contributed by atoms with van der Waals surface area (Å²) < 4.78 is 7.18. The Morgan fingerprint density at radius 2 is 2.04 bits per heavy atom. The molecule has 28 heavy (non-hydrogen) atoms. The summed E-state index contributed by atoms with van der Waals surface area (Å²) in [5.41, 5.74) is 1.94. The predicted octanol–water partition coefficient (Wildman–Crippen LogP) is 2.05. The molecule has 0 bridgehead atoms. The molecule has 0 spiro atoms. The van der Waals surface area contributed by atoms with Crippen LogP contribution in [0.2, 0.25) is 0 Å². The zero-order chi connectivity index (χ0) is 19.5. The van der Waals surface area contributed by atoms with Crippen LogP contribution < -0.4 is 10.6 Å². The van der Waals surface area contributed by atoms with E-state index in [9.17, 15) is 4.79 Å². The minimum atomic E-state index is -0.419. The summed E-state index contributed by atoms with van der Waals surface area (Å²) in [6.07, 6.45) is 1.96. The van der Waals surface area contributed by atoms with Crippen LogP contribution in [0.15, 0.2) is 34.9 Å². The van der Waals surface area contributed by atoms with Crippen LogP contribution in [-0.4, -0.2) is 44.1 Å². The van der Waals surface area contributed by atoms with Crippen LogP contribution in [0.5, 0.6) is 0 Å². The number of piperidine rings is 1. The van der Waals surface area contributed by atoms with Crippen molar-refractivity contribution in [2.45, 2.75) is 38.8 Å². The molecule has 1 amide bonds. The van der Waals surface area contributed by atoms with Gasteiger partial charge in [0.25, 0.3) is 11.8 Å². The summed E-state index contributed by atoms with van der Waals surface area (Å²) in [5.74, 6) is 0.539. The van der Waals surface area contributed by atoms with Crippen molar-refractivity contribution in [3.05, 3.63) is 47.5 Å². The highest BCUT2D eigenvalue weighted by molar-refractivity contribution is 5.93. The van der Waals surface area contributed by atoms with Gasteiger partial charge in [0.15, 0.2) is 11.5 Å². The number of carbonyl (C=O) groups excluding carboxylic acids is 1. The van der Waals surface area contributed by atoms with Crippen LogP contribution in [-0.2, 0) is 0 Å². The average Bonchev–Trinajstić information content (AvgIpc) is 3.36. The van der Waals surface area contributed by atoms with Gasteiger partial charge in [-0.05, 0) is 51.9 Å². The molecule has 1 aliphatic heterocycles. The van der Waals surface area contributed by atoms with Gasteiger partial charge in [-0.15, -0.1) is 5.10 Å². The maximum atomic E-state index is 12.7. The quantitative estimate of drug-likeness (QED) is 0.696. The first-order chi connectivity index (χ1) is 13.6. The Morgan fingerprint density at radius 1 is 1.29 bits per heavy atom. The van der Waals surface area contributed by atoms with Crippen molar-refractivity contribution in [3.63, 3.8) is 0 Å². The maximum Gasteiger partial charge on any atom is 0.274 e. The minimum absolute atomic E-state index is 0.276. The van der Waals surface area contributed by atoms with Crippen molar-refractivity contribution in [2.24, 2.45) is 0 Å². The third-order valence-electron chi connectivity index (χ3n) is 4.99. The molecule has 1 atom stereocenters. The van der Waals surface area contributed by atoms with Crippen LogP contribution >= 0.6 is 0 Å². The van der Waals surface area contributed by atoms with E-state index in [-0.39, 0.29) is 11.9 Å². The normalized spacial score (nSPS) is 16.1. The lowest BCUT2D eigenvalue weighted by molar-refractivity contribution is 0.0932. The molecule has 2 N–H and O–H groups in total. The first-order valence-electron chi connectivity index (χ1n) is 9.46. The summed E-state index contributed by atoms with van der Waals surface area (Å²) in [6, 6.07) is 9.36. The highest BCUT2D eigenvalue weighted by atomic mass is 16.5. The van der Waals surface area contributed by atoms with E-state index in [0.29, 0.717) is 17.4 Å². The average molecular weight is 381 g/mol. The molecule has 1 aliphatic rings. The molecular weight excluding hydrogens is 358 g/mol. The van der Waals surface area contributed by atoms with Crippen LogP contribution in [0.3, 0.4) is 0 Å². The topological polar surface area (TPSA) is 111 Å². The van der Waals surface area contributed by atoms with E-state index in [0.717, 1.165) is 37.2 Å².